The van der Waals surface area contributed by atoms with E-state index in [0.29, 0.717) is 0 Å². The molecule has 0 spiro atoms. The zero-order valence-corrected chi connectivity index (χ0v) is 9.31. The molecule has 6 aliphatic carbocycles. The van der Waals surface area contributed by atoms with E-state index in [1.165, 1.54) is 59.2 Å². The van der Waals surface area contributed by atoms with Crippen molar-refractivity contribution in [2.75, 3.05) is 0 Å². The highest BCUT2D eigenvalue weighted by Gasteiger charge is 2.74. The number of hydrogen-bond donors (Lipinski definition) is 0. The fraction of sp³-hybridized carbons (Fsp3) is 1.00. The zero-order chi connectivity index (χ0) is 9.31. The molecule has 0 aromatic heterocycles. The van der Waals surface area contributed by atoms with Crippen LogP contribution in [-0.2, 0) is 0 Å². The fourth-order valence-electron chi connectivity index (χ4n) is 8.42. The largest absolute Gasteiger partial charge is 0.0470 e. The van der Waals surface area contributed by atoms with Crippen molar-refractivity contribution in [1.29, 1.82) is 0 Å². The maximum Gasteiger partial charge on any atom is -0.0318 e. The molecule has 0 radical (unpaired) electrons. The third-order valence-corrected chi connectivity index (χ3v) is 7.97. The van der Waals surface area contributed by atoms with Crippen LogP contribution in [0.5, 0.6) is 0 Å². The van der Waals surface area contributed by atoms with Crippen molar-refractivity contribution in [3.8, 4) is 0 Å². The average molecular weight is 200 g/mol. The summed E-state index contributed by atoms with van der Waals surface area (Å²) in [5.41, 5.74) is 0. The van der Waals surface area contributed by atoms with Crippen LogP contribution < -0.4 is 0 Å². The van der Waals surface area contributed by atoms with E-state index in [9.17, 15) is 0 Å². The van der Waals surface area contributed by atoms with E-state index in [0.717, 1.165) is 0 Å². The smallest absolute Gasteiger partial charge is 0.0318 e. The molecule has 80 valence electrons. The minimum absolute atomic E-state index is 1.22. The molecule has 0 aliphatic heterocycles. The van der Waals surface area contributed by atoms with Crippen LogP contribution in [0.3, 0.4) is 0 Å². The standard InChI is InChI=1S/C15H20/c1-6-2-8-4-10-5-9-3-7(1)12-11(6)13(8)15(10)14(9)12/h6-15H,1-5H2. The van der Waals surface area contributed by atoms with Gasteiger partial charge in [-0.15, -0.1) is 0 Å². The minimum Gasteiger partial charge on any atom is -0.0470 e. The molecule has 0 heterocycles. The number of hydrogen-bond acceptors (Lipinski definition) is 0. The van der Waals surface area contributed by atoms with Gasteiger partial charge in [0.25, 0.3) is 0 Å². The van der Waals surface area contributed by atoms with Crippen molar-refractivity contribution in [1.82, 2.24) is 0 Å². The van der Waals surface area contributed by atoms with Gasteiger partial charge in [-0.2, -0.15) is 0 Å². The molecule has 0 aromatic carbocycles. The van der Waals surface area contributed by atoms with Crippen LogP contribution in [0.15, 0.2) is 0 Å². The van der Waals surface area contributed by atoms with E-state index in [-0.39, 0.29) is 0 Å². The summed E-state index contributed by atoms with van der Waals surface area (Å²) >= 11 is 0. The van der Waals surface area contributed by atoms with Crippen molar-refractivity contribution < 1.29 is 0 Å². The van der Waals surface area contributed by atoms with E-state index in [2.05, 4.69) is 0 Å². The molecule has 0 nitrogen and oxygen atoms in total. The molecule has 6 aliphatic rings. The highest BCUT2D eigenvalue weighted by Crippen LogP contribution is 2.80. The van der Waals surface area contributed by atoms with Crippen molar-refractivity contribution in [2.45, 2.75) is 32.1 Å². The van der Waals surface area contributed by atoms with Crippen LogP contribution in [0.1, 0.15) is 32.1 Å². The Hall–Kier alpha value is 0. The molecule has 0 aromatic rings. The first kappa shape index (κ1) is 7.35. The fourth-order valence-corrected chi connectivity index (χ4v) is 8.42. The molecule has 0 amide bonds. The molecule has 6 fully saturated rings. The summed E-state index contributed by atoms with van der Waals surface area (Å²) in [6, 6.07) is 0. The topological polar surface area (TPSA) is 0 Å². The Morgan fingerprint density at radius 1 is 0.333 bits per heavy atom. The second-order valence-corrected chi connectivity index (χ2v) is 7.87. The van der Waals surface area contributed by atoms with E-state index < -0.39 is 0 Å². The van der Waals surface area contributed by atoms with Gasteiger partial charge in [-0.25, -0.2) is 0 Å². The first-order chi connectivity index (χ1) is 7.42. The summed E-state index contributed by atoms with van der Waals surface area (Å²) in [5, 5.41) is 0. The molecule has 0 bridgehead atoms. The van der Waals surface area contributed by atoms with E-state index >= 15 is 0 Å². The predicted octanol–water partition coefficient (Wildman–Crippen LogP) is 3.18. The van der Waals surface area contributed by atoms with Crippen LogP contribution in [0.4, 0.5) is 0 Å². The summed E-state index contributed by atoms with van der Waals surface area (Å²) in [6.45, 7) is 0. The molecule has 0 heteroatoms. The van der Waals surface area contributed by atoms with Gasteiger partial charge in [0.15, 0.2) is 0 Å². The Bertz CT molecular complexity index is 258. The van der Waals surface area contributed by atoms with Gasteiger partial charge in [0.2, 0.25) is 0 Å². The third-order valence-electron chi connectivity index (χ3n) is 7.97. The number of rotatable bonds is 0. The Labute approximate surface area is 91.8 Å². The molecule has 0 atom stereocenters. The molecule has 0 saturated heterocycles. The van der Waals surface area contributed by atoms with Crippen LogP contribution >= 0.6 is 0 Å². The van der Waals surface area contributed by atoms with Gasteiger partial charge in [-0.1, -0.05) is 0 Å². The summed E-state index contributed by atoms with van der Waals surface area (Å²) < 4.78 is 0. The van der Waals surface area contributed by atoms with Gasteiger partial charge in [0.1, 0.15) is 0 Å². The first-order valence-electron chi connectivity index (χ1n) is 7.42. The molecule has 0 unspecified atom stereocenters. The summed E-state index contributed by atoms with van der Waals surface area (Å²) in [4.78, 5) is 0. The third kappa shape index (κ3) is 0.560. The van der Waals surface area contributed by atoms with Crippen LogP contribution in [-0.4, -0.2) is 0 Å². The molecule has 6 rings (SSSR count). The SMILES string of the molecule is C1C2CC3CC4CC5CC1C1C2C3C4C51. The van der Waals surface area contributed by atoms with Gasteiger partial charge in [0, 0.05) is 0 Å². The van der Waals surface area contributed by atoms with Gasteiger partial charge in [0.05, 0.1) is 0 Å². The van der Waals surface area contributed by atoms with Crippen molar-refractivity contribution in [3.05, 3.63) is 0 Å². The van der Waals surface area contributed by atoms with E-state index in [1.54, 1.807) is 32.1 Å². The zero-order valence-electron chi connectivity index (χ0n) is 9.31. The Morgan fingerprint density at radius 2 is 0.533 bits per heavy atom. The van der Waals surface area contributed by atoms with Crippen LogP contribution in [0.25, 0.3) is 0 Å². The normalized spacial score (nSPS) is 80.0. The Morgan fingerprint density at radius 3 is 0.733 bits per heavy atom. The maximum absolute atomic E-state index is 1.67. The quantitative estimate of drug-likeness (QED) is 0.563. The summed E-state index contributed by atoms with van der Waals surface area (Å²) in [7, 11) is 0. The second-order valence-electron chi connectivity index (χ2n) is 7.87. The molecule has 6 saturated carbocycles. The highest BCUT2D eigenvalue weighted by atomic mass is 14.8. The predicted molar refractivity (Wildman–Crippen MR) is 58.0 cm³/mol. The second kappa shape index (κ2) is 1.93. The molecular weight excluding hydrogens is 180 g/mol. The van der Waals surface area contributed by atoms with Crippen molar-refractivity contribution in [2.24, 2.45) is 59.2 Å². The lowest BCUT2D eigenvalue weighted by molar-refractivity contribution is 0.305. The van der Waals surface area contributed by atoms with E-state index in [1.807, 2.05) is 0 Å². The van der Waals surface area contributed by atoms with E-state index in [4.69, 9.17) is 0 Å². The van der Waals surface area contributed by atoms with Crippen LogP contribution in [0.2, 0.25) is 0 Å². The van der Waals surface area contributed by atoms with Crippen molar-refractivity contribution >= 4 is 0 Å². The lowest BCUT2D eigenvalue weighted by Crippen LogP contribution is -2.13. The molecular formula is C15H20. The molecule has 0 N–H and O–H groups in total. The summed E-state index contributed by atoms with van der Waals surface area (Å²) in [6.07, 6.45) is 8.37. The Kier molecular flexibility index (Phi) is 0.946. The first-order valence-corrected chi connectivity index (χ1v) is 7.42. The monoisotopic (exact) mass is 200 g/mol. The van der Waals surface area contributed by atoms with Gasteiger partial charge in [-0.3, -0.25) is 0 Å². The lowest BCUT2D eigenvalue weighted by Gasteiger charge is -2.17. The van der Waals surface area contributed by atoms with Gasteiger partial charge >= 0.3 is 0 Å². The molecule has 15 heavy (non-hydrogen) atoms. The minimum atomic E-state index is 1.22. The maximum atomic E-state index is 1.67. The van der Waals surface area contributed by atoms with Gasteiger partial charge < -0.3 is 0 Å². The Balaban J connectivity index is 1.65. The summed E-state index contributed by atoms with van der Waals surface area (Å²) in [5.74, 6) is 12.5. The highest BCUT2D eigenvalue weighted by molar-refractivity contribution is 5.22. The lowest BCUT2D eigenvalue weighted by atomic mass is 9.88. The van der Waals surface area contributed by atoms with Gasteiger partial charge in [-0.05, 0) is 91.3 Å². The van der Waals surface area contributed by atoms with Crippen LogP contribution in [0, 0.1) is 59.2 Å². The van der Waals surface area contributed by atoms with Crippen molar-refractivity contribution in [3.63, 3.8) is 0 Å². The average Bonchev–Trinajstić information content (AvgIpc) is 2.85.